The highest BCUT2D eigenvalue weighted by molar-refractivity contribution is 7.80. The van der Waals surface area contributed by atoms with Crippen LogP contribution in [0.3, 0.4) is 0 Å². The van der Waals surface area contributed by atoms with Gasteiger partial charge < -0.3 is 0 Å². The van der Waals surface area contributed by atoms with Crippen LogP contribution in [-0.2, 0) is 6.42 Å². The van der Waals surface area contributed by atoms with Gasteiger partial charge in [0.1, 0.15) is 0 Å². The van der Waals surface area contributed by atoms with E-state index in [0.717, 1.165) is 11.3 Å². The van der Waals surface area contributed by atoms with E-state index in [9.17, 15) is 0 Å². The monoisotopic (exact) mass is 319 g/mol. The van der Waals surface area contributed by atoms with E-state index >= 15 is 0 Å². The lowest BCUT2D eigenvalue weighted by atomic mass is 10.0. The second-order valence-corrected chi connectivity index (χ2v) is 7.04. The van der Waals surface area contributed by atoms with Gasteiger partial charge in [0, 0.05) is 4.90 Å². The molecule has 125 valence electrons. The van der Waals surface area contributed by atoms with Gasteiger partial charge in [-0.15, -0.1) is 0 Å². The minimum absolute atomic E-state index is 1.04. The fourth-order valence-electron chi connectivity index (χ4n) is 3.04. The fraction of sp³-hybridized carbons (Fsp3) is 0.714. The molecule has 1 rings (SSSR count). The summed E-state index contributed by atoms with van der Waals surface area (Å²) in [5.41, 5.74) is 1.36. The van der Waals surface area contributed by atoms with Crippen molar-refractivity contribution in [3.8, 4) is 0 Å². The summed E-state index contributed by atoms with van der Waals surface area (Å²) in [5.74, 6) is 0. The van der Waals surface area contributed by atoms with Gasteiger partial charge >= 0.3 is 0 Å². The van der Waals surface area contributed by atoms with Crippen LogP contribution in [0.5, 0.6) is 0 Å². The zero-order valence-corrected chi connectivity index (χ0v) is 15.4. The maximum absolute atomic E-state index is 5.35. The smallest absolute Gasteiger partial charge is 0.0409 e. The predicted molar refractivity (Wildman–Crippen MR) is 102 cm³/mol. The molecule has 0 unspecified atom stereocenters. The first-order chi connectivity index (χ1) is 10.8. The molecule has 0 aliphatic heterocycles. The van der Waals surface area contributed by atoms with Gasteiger partial charge in [0.15, 0.2) is 0 Å². The molecule has 0 fully saturated rings. The minimum Gasteiger partial charge on any atom is -0.0798 e. The molecule has 0 nitrogen and oxygen atoms in total. The van der Waals surface area contributed by atoms with Crippen molar-refractivity contribution in [2.24, 2.45) is 0 Å². The Bertz CT molecular complexity index is 359. The SMILES string of the molecule is CCCCCCCCCCCCCCCc1ccccc1[S]. The molecule has 1 aromatic rings. The molecule has 0 aliphatic rings. The zero-order valence-electron chi connectivity index (χ0n) is 14.6. The molecule has 0 aromatic heterocycles. The predicted octanol–water partition coefficient (Wildman–Crippen LogP) is 7.88. The molecule has 22 heavy (non-hydrogen) atoms. The molecule has 1 aromatic carbocycles. The number of aryl methyl sites for hydroxylation is 1. The van der Waals surface area contributed by atoms with Crippen molar-refractivity contribution in [1.82, 2.24) is 0 Å². The van der Waals surface area contributed by atoms with Gasteiger partial charge in [0.25, 0.3) is 0 Å². The summed E-state index contributed by atoms with van der Waals surface area (Å²) >= 11 is 5.35. The molecule has 0 saturated carbocycles. The van der Waals surface area contributed by atoms with Crippen molar-refractivity contribution in [3.05, 3.63) is 29.8 Å². The van der Waals surface area contributed by atoms with E-state index in [2.05, 4.69) is 19.1 Å². The van der Waals surface area contributed by atoms with Crippen LogP contribution < -0.4 is 0 Å². The summed E-state index contributed by atoms with van der Waals surface area (Å²) in [6.45, 7) is 2.29. The third kappa shape index (κ3) is 10.2. The van der Waals surface area contributed by atoms with Crippen LogP contribution in [-0.4, -0.2) is 0 Å². The standard InChI is InChI=1S/C21H35S/c1-2-3-4-5-6-7-8-9-10-11-12-13-14-17-20-18-15-16-19-21(20)22/h15-16,18-19H,2-14,17H2,1H3. The van der Waals surface area contributed by atoms with Gasteiger partial charge in [-0.2, -0.15) is 0 Å². The molecule has 0 bridgehead atoms. The molecule has 1 radical (unpaired) electrons. The highest BCUT2D eigenvalue weighted by atomic mass is 32.1. The van der Waals surface area contributed by atoms with Crippen LogP contribution in [0.25, 0.3) is 0 Å². The van der Waals surface area contributed by atoms with E-state index in [1.165, 1.54) is 89.0 Å². The normalized spacial score (nSPS) is 11.0. The van der Waals surface area contributed by atoms with E-state index in [4.69, 9.17) is 12.6 Å². The summed E-state index contributed by atoms with van der Waals surface area (Å²) in [6, 6.07) is 8.37. The van der Waals surface area contributed by atoms with E-state index in [-0.39, 0.29) is 0 Å². The molecule has 0 saturated heterocycles. The molecule has 0 amide bonds. The molecule has 0 atom stereocenters. The van der Waals surface area contributed by atoms with Crippen LogP contribution in [0.15, 0.2) is 29.2 Å². The summed E-state index contributed by atoms with van der Waals surface area (Å²) in [7, 11) is 0. The van der Waals surface area contributed by atoms with Crippen molar-refractivity contribution >= 4 is 12.6 Å². The van der Waals surface area contributed by atoms with E-state index in [1.54, 1.807) is 0 Å². The van der Waals surface area contributed by atoms with E-state index in [0.29, 0.717) is 0 Å². The third-order valence-corrected chi connectivity index (χ3v) is 4.92. The molecule has 0 spiro atoms. The topological polar surface area (TPSA) is 0 Å². The second kappa shape index (κ2) is 14.1. The van der Waals surface area contributed by atoms with Crippen LogP contribution in [0.1, 0.15) is 96.0 Å². The highest BCUT2D eigenvalue weighted by Gasteiger charge is 1.98. The maximum atomic E-state index is 5.35. The van der Waals surface area contributed by atoms with Gasteiger partial charge in [-0.25, -0.2) is 0 Å². The van der Waals surface area contributed by atoms with Crippen LogP contribution in [0.2, 0.25) is 0 Å². The zero-order chi connectivity index (χ0) is 15.9. The first-order valence-electron chi connectivity index (χ1n) is 9.59. The van der Waals surface area contributed by atoms with Gasteiger partial charge in [0.2, 0.25) is 0 Å². The lowest BCUT2D eigenvalue weighted by Crippen LogP contribution is -1.88. The van der Waals surface area contributed by atoms with Gasteiger partial charge in [-0.1, -0.05) is 115 Å². The molecule has 0 aliphatic carbocycles. The van der Waals surface area contributed by atoms with E-state index < -0.39 is 0 Å². The van der Waals surface area contributed by atoms with Crippen molar-refractivity contribution in [2.45, 2.75) is 102 Å². The van der Waals surface area contributed by atoms with Crippen molar-refractivity contribution in [2.75, 3.05) is 0 Å². The fourth-order valence-corrected chi connectivity index (χ4v) is 3.29. The maximum Gasteiger partial charge on any atom is 0.0409 e. The number of rotatable bonds is 14. The van der Waals surface area contributed by atoms with Gasteiger partial charge in [-0.3, -0.25) is 0 Å². The molecule has 0 N–H and O–H groups in total. The lowest BCUT2D eigenvalue weighted by Gasteiger charge is -2.04. The van der Waals surface area contributed by atoms with Crippen LogP contribution in [0.4, 0.5) is 0 Å². The third-order valence-electron chi connectivity index (χ3n) is 4.52. The number of hydrogen-bond acceptors (Lipinski definition) is 0. The van der Waals surface area contributed by atoms with Gasteiger partial charge in [-0.05, 0) is 24.5 Å². The van der Waals surface area contributed by atoms with Crippen molar-refractivity contribution < 1.29 is 0 Å². The molecule has 0 heterocycles. The lowest BCUT2D eigenvalue weighted by molar-refractivity contribution is 0.539. The van der Waals surface area contributed by atoms with Crippen molar-refractivity contribution in [3.63, 3.8) is 0 Å². The Morgan fingerprint density at radius 3 is 1.59 bits per heavy atom. The average Bonchev–Trinajstić information content (AvgIpc) is 2.53. The quantitative estimate of drug-likeness (QED) is 0.306. The Hall–Kier alpha value is -0.560. The Morgan fingerprint density at radius 2 is 1.09 bits per heavy atom. The Morgan fingerprint density at radius 1 is 0.636 bits per heavy atom. The Kier molecular flexibility index (Phi) is 12.5. The summed E-state index contributed by atoms with van der Waals surface area (Å²) in [5, 5.41) is 0. The first-order valence-corrected chi connectivity index (χ1v) is 10.0. The number of benzene rings is 1. The largest absolute Gasteiger partial charge is 0.0798 e. The Balaban J connectivity index is 1.81. The molecular formula is C21H35S. The highest BCUT2D eigenvalue weighted by Crippen LogP contribution is 2.17. The second-order valence-electron chi connectivity index (χ2n) is 6.60. The van der Waals surface area contributed by atoms with Crippen LogP contribution in [0, 0.1) is 0 Å². The van der Waals surface area contributed by atoms with Crippen molar-refractivity contribution in [1.29, 1.82) is 0 Å². The minimum atomic E-state index is 1.04. The Labute approximate surface area is 144 Å². The summed E-state index contributed by atoms with van der Waals surface area (Å²) in [6.07, 6.45) is 19.6. The summed E-state index contributed by atoms with van der Waals surface area (Å²) < 4.78 is 0. The average molecular weight is 320 g/mol. The van der Waals surface area contributed by atoms with E-state index in [1.807, 2.05) is 12.1 Å². The first kappa shape index (κ1) is 19.5. The van der Waals surface area contributed by atoms with Gasteiger partial charge in [0.05, 0.1) is 0 Å². The molecular weight excluding hydrogens is 284 g/mol. The summed E-state index contributed by atoms with van der Waals surface area (Å²) in [4.78, 5) is 1.04. The van der Waals surface area contributed by atoms with Crippen LogP contribution >= 0.6 is 12.6 Å². The number of hydrogen-bond donors (Lipinski definition) is 0. The number of unbranched alkanes of at least 4 members (excludes halogenated alkanes) is 12. The molecule has 1 heteroatoms.